The smallest absolute Gasteiger partial charge is 0.379 e. The Morgan fingerprint density at radius 3 is 2.54 bits per heavy atom. The minimum atomic E-state index is -4.59. The van der Waals surface area contributed by atoms with E-state index in [1.807, 2.05) is 11.0 Å². The SMILES string of the molecule is Cc1nc2ccc(S(=O)(=O)N3CCOCC3)cc2c2c1/C1=C\C3CCCN(C3)c3ccc(C(F)(F)F)cc3N1C2=O. The number of carbonyl (C=O) groups is 1. The van der Waals surface area contributed by atoms with Crippen molar-refractivity contribution in [2.45, 2.75) is 30.8 Å². The van der Waals surface area contributed by atoms with Gasteiger partial charge in [-0.3, -0.25) is 14.7 Å². The molecule has 2 saturated heterocycles. The third kappa shape index (κ3) is 4.14. The molecule has 4 aliphatic rings. The van der Waals surface area contributed by atoms with Crippen molar-refractivity contribution in [3.63, 3.8) is 0 Å². The average molecular weight is 585 g/mol. The number of halogens is 3. The molecule has 41 heavy (non-hydrogen) atoms. The molecular formula is C29H27F3N4O4S. The number of alkyl halides is 3. The number of piperidine rings is 1. The number of benzene rings is 2. The van der Waals surface area contributed by atoms with Crippen molar-refractivity contribution in [3.05, 3.63) is 64.9 Å². The minimum Gasteiger partial charge on any atom is -0.379 e. The predicted octanol–water partition coefficient (Wildman–Crippen LogP) is 4.81. The summed E-state index contributed by atoms with van der Waals surface area (Å²) in [5.41, 5.74) is 2.19. The van der Waals surface area contributed by atoms with Crippen LogP contribution in [0.1, 0.15) is 40.0 Å². The average Bonchev–Trinajstić information content (AvgIpc) is 3.24. The first-order chi connectivity index (χ1) is 19.5. The van der Waals surface area contributed by atoms with Gasteiger partial charge < -0.3 is 9.64 Å². The number of ether oxygens (including phenoxy) is 1. The van der Waals surface area contributed by atoms with Gasteiger partial charge in [-0.1, -0.05) is 6.08 Å². The molecule has 4 aliphatic heterocycles. The molecule has 2 fully saturated rings. The van der Waals surface area contributed by atoms with Crippen LogP contribution >= 0.6 is 0 Å². The molecule has 7 rings (SSSR count). The van der Waals surface area contributed by atoms with Gasteiger partial charge in [-0.15, -0.1) is 0 Å². The van der Waals surface area contributed by atoms with E-state index in [1.165, 1.54) is 27.4 Å². The Hall–Kier alpha value is -3.48. The van der Waals surface area contributed by atoms with E-state index in [0.717, 1.165) is 25.0 Å². The van der Waals surface area contributed by atoms with Gasteiger partial charge in [-0.2, -0.15) is 17.5 Å². The monoisotopic (exact) mass is 584 g/mol. The fraction of sp³-hybridized carbons (Fsp3) is 0.379. The van der Waals surface area contributed by atoms with Gasteiger partial charge in [0.15, 0.2) is 0 Å². The number of anilines is 2. The second kappa shape index (κ2) is 9.27. The van der Waals surface area contributed by atoms with Crippen molar-refractivity contribution in [3.8, 4) is 0 Å². The van der Waals surface area contributed by atoms with Gasteiger partial charge in [-0.25, -0.2) is 8.42 Å². The molecular weight excluding hydrogens is 557 g/mol. The van der Waals surface area contributed by atoms with Crippen molar-refractivity contribution in [1.29, 1.82) is 0 Å². The molecule has 2 aromatic carbocycles. The van der Waals surface area contributed by atoms with Crippen LogP contribution in [0.3, 0.4) is 0 Å². The van der Waals surface area contributed by atoms with Crippen molar-refractivity contribution in [1.82, 2.24) is 9.29 Å². The van der Waals surface area contributed by atoms with Gasteiger partial charge in [0.05, 0.1) is 51.8 Å². The number of hydrogen-bond donors (Lipinski definition) is 0. The molecule has 3 aromatic rings. The topological polar surface area (TPSA) is 83.1 Å². The van der Waals surface area contributed by atoms with Crippen LogP contribution in [0.2, 0.25) is 0 Å². The number of rotatable bonds is 2. The number of amides is 1. The third-order valence-corrected chi connectivity index (χ3v) is 10.3. The summed E-state index contributed by atoms with van der Waals surface area (Å²) in [4.78, 5) is 22.5. The number of hydrogen-bond acceptors (Lipinski definition) is 6. The van der Waals surface area contributed by atoms with Gasteiger partial charge in [0, 0.05) is 42.8 Å². The molecule has 0 spiro atoms. The van der Waals surface area contributed by atoms with E-state index in [2.05, 4.69) is 0 Å². The predicted molar refractivity (Wildman–Crippen MR) is 147 cm³/mol. The maximum atomic E-state index is 14.3. The summed E-state index contributed by atoms with van der Waals surface area (Å²) in [7, 11) is -3.86. The summed E-state index contributed by atoms with van der Waals surface area (Å²) >= 11 is 0. The van der Waals surface area contributed by atoms with Crippen molar-refractivity contribution in [2.24, 2.45) is 5.92 Å². The molecule has 8 nitrogen and oxygen atoms in total. The number of morpholine rings is 1. The molecule has 1 aromatic heterocycles. The number of aromatic nitrogens is 1. The Morgan fingerprint density at radius 2 is 1.78 bits per heavy atom. The van der Waals surface area contributed by atoms with Gasteiger partial charge in [0.2, 0.25) is 10.0 Å². The van der Waals surface area contributed by atoms with Gasteiger partial charge >= 0.3 is 6.18 Å². The highest BCUT2D eigenvalue weighted by Crippen LogP contribution is 2.48. The van der Waals surface area contributed by atoms with Crippen LogP contribution in [-0.4, -0.2) is 63.0 Å². The number of carbonyl (C=O) groups excluding carboxylic acids is 1. The molecule has 12 heteroatoms. The van der Waals surface area contributed by atoms with Gasteiger partial charge in [0.25, 0.3) is 5.91 Å². The molecule has 0 radical (unpaired) electrons. The first-order valence-corrected chi connectivity index (χ1v) is 15.0. The zero-order valence-corrected chi connectivity index (χ0v) is 23.1. The summed E-state index contributed by atoms with van der Waals surface area (Å²) in [5, 5.41) is 0.356. The Morgan fingerprint density at radius 1 is 1.00 bits per heavy atom. The van der Waals surface area contributed by atoms with Crippen molar-refractivity contribution in [2.75, 3.05) is 49.2 Å². The Labute approximate surface area is 235 Å². The first-order valence-electron chi connectivity index (χ1n) is 13.6. The van der Waals surface area contributed by atoms with Crippen LogP contribution in [0.15, 0.2) is 47.4 Å². The molecule has 5 heterocycles. The summed E-state index contributed by atoms with van der Waals surface area (Å²) in [6.45, 7) is 4.11. The molecule has 0 saturated carbocycles. The van der Waals surface area contributed by atoms with Gasteiger partial charge in [0.1, 0.15) is 0 Å². The van der Waals surface area contributed by atoms with Crippen LogP contribution in [0.5, 0.6) is 0 Å². The Kier molecular flexibility index (Phi) is 5.97. The molecule has 1 amide bonds. The zero-order chi connectivity index (χ0) is 28.7. The largest absolute Gasteiger partial charge is 0.416 e. The van der Waals surface area contributed by atoms with E-state index in [0.29, 0.717) is 59.8 Å². The zero-order valence-electron chi connectivity index (χ0n) is 22.2. The van der Waals surface area contributed by atoms with E-state index in [9.17, 15) is 26.4 Å². The standard InChI is InChI=1S/C29H27F3N4O4S/c1-17-26-25-13-18-3-2-8-34(16-18)23-7-4-19(29(30,31)32)14-24(23)36(25)28(37)27(26)21-15-20(5-6-22(21)33-17)41(38,39)35-9-11-40-12-10-35/h4-7,13-15,18H,2-3,8-12,16H2,1H3/b25-13+. The molecule has 2 bridgehead atoms. The molecule has 214 valence electrons. The van der Waals surface area contributed by atoms with Crippen LogP contribution in [0, 0.1) is 12.8 Å². The summed E-state index contributed by atoms with van der Waals surface area (Å²) in [6, 6.07) is 8.10. The second-order valence-electron chi connectivity index (χ2n) is 10.9. The highest BCUT2D eigenvalue weighted by atomic mass is 32.2. The highest BCUT2D eigenvalue weighted by molar-refractivity contribution is 7.89. The molecule has 0 N–H and O–H groups in total. The first kappa shape index (κ1) is 26.4. The Balaban J connectivity index is 1.46. The van der Waals surface area contributed by atoms with E-state index in [4.69, 9.17) is 9.72 Å². The number of pyridine rings is 1. The molecule has 0 aliphatic carbocycles. The number of sulfonamides is 1. The van der Waals surface area contributed by atoms with E-state index in [1.54, 1.807) is 13.0 Å². The van der Waals surface area contributed by atoms with Crippen LogP contribution in [0.25, 0.3) is 16.6 Å². The lowest BCUT2D eigenvalue weighted by molar-refractivity contribution is -0.137. The maximum Gasteiger partial charge on any atom is 0.416 e. The summed E-state index contributed by atoms with van der Waals surface area (Å²) in [5.74, 6) is -0.414. The number of aryl methyl sites for hydroxylation is 1. The summed E-state index contributed by atoms with van der Waals surface area (Å²) < 4.78 is 75.2. The second-order valence-corrected chi connectivity index (χ2v) is 12.8. The third-order valence-electron chi connectivity index (χ3n) is 8.39. The lowest BCUT2D eigenvalue weighted by Gasteiger charge is -2.38. The molecule has 1 unspecified atom stereocenters. The van der Waals surface area contributed by atoms with Crippen molar-refractivity contribution >= 4 is 43.9 Å². The van der Waals surface area contributed by atoms with E-state index < -0.39 is 27.7 Å². The van der Waals surface area contributed by atoms with Crippen LogP contribution < -0.4 is 9.80 Å². The number of nitrogens with zero attached hydrogens (tertiary/aromatic N) is 4. The fourth-order valence-electron chi connectivity index (χ4n) is 6.46. The normalized spacial score (nSPS) is 22.5. The highest BCUT2D eigenvalue weighted by Gasteiger charge is 2.42. The summed E-state index contributed by atoms with van der Waals surface area (Å²) in [6.07, 6.45) is -0.856. The number of fused-ring (bicyclic) bond motifs is 10. The lowest BCUT2D eigenvalue weighted by atomic mass is 9.92. The lowest BCUT2D eigenvalue weighted by Crippen LogP contribution is -2.40. The van der Waals surface area contributed by atoms with E-state index in [-0.39, 0.29) is 35.2 Å². The van der Waals surface area contributed by atoms with Crippen LogP contribution in [0.4, 0.5) is 24.5 Å². The minimum absolute atomic E-state index is 0.0302. The van der Waals surface area contributed by atoms with Gasteiger partial charge in [-0.05, 0) is 62.1 Å². The quantitative estimate of drug-likeness (QED) is 0.430. The van der Waals surface area contributed by atoms with E-state index >= 15 is 0 Å². The van der Waals surface area contributed by atoms with Crippen LogP contribution in [-0.2, 0) is 20.9 Å². The van der Waals surface area contributed by atoms with Crippen molar-refractivity contribution < 1.29 is 31.1 Å². The fourth-order valence-corrected chi connectivity index (χ4v) is 7.90. The molecule has 1 atom stereocenters. The Bertz CT molecular complexity index is 1750. The maximum absolute atomic E-state index is 14.3.